The highest BCUT2D eigenvalue weighted by Gasteiger charge is 2.24. The molecule has 2 aliphatic rings. The van der Waals surface area contributed by atoms with Gasteiger partial charge in [0.1, 0.15) is 11.6 Å². The number of carbonyl (C=O) groups is 1. The van der Waals surface area contributed by atoms with Crippen molar-refractivity contribution >= 4 is 47.4 Å². The van der Waals surface area contributed by atoms with Crippen LogP contribution in [0.3, 0.4) is 0 Å². The molecule has 3 aromatic heterocycles. The highest BCUT2D eigenvalue weighted by atomic mass is 35.5. The van der Waals surface area contributed by atoms with Crippen molar-refractivity contribution in [2.45, 2.75) is 51.1 Å². The quantitative estimate of drug-likeness (QED) is 0.223. The Morgan fingerprint density at radius 1 is 1.10 bits per heavy atom. The Labute approximate surface area is 252 Å². The second-order valence-electron chi connectivity index (χ2n) is 11.0. The molecule has 0 saturated carbocycles. The first-order chi connectivity index (χ1) is 19.0. The molecule has 220 valence electrons. The SMILES string of the molecule is CN1CCC[C@@H]1c1cc2cnc(NC(=O)c3ccc(-c4cnn(CCCC5CCNCC5)c4)cc3F)cc2[nH]1.Cl.Cl. The molecule has 1 amide bonds. The van der Waals surface area contributed by atoms with E-state index in [1.165, 1.54) is 37.8 Å². The van der Waals surface area contributed by atoms with Gasteiger partial charge in [-0.15, -0.1) is 24.8 Å². The number of rotatable bonds is 8. The standard InChI is InChI=1S/C30H36FN7O.2ClH/c1-37-12-3-5-28(37)27-15-22-17-33-29(16-26(22)35-27)36-30(39)24-7-6-21(14-25(24)31)23-18-34-38(19-23)13-2-4-20-8-10-32-11-9-20;;/h6-7,14-20,28,32,35H,2-5,8-13H2,1H3,(H,33,36,39);2*1H/t28-;;/m1../s1. The number of benzene rings is 1. The number of aryl methyl sites for hydroxylation is 1. The van der Waals surface area contributed by atoms with Crippen LogP contribution in [0.2, 0.25) is 0 Å². The zero-order valence-corrected chi connectivity index (χ0v) is 24.9. The molecular weight excluding hydrogens is 564 g/mol. The first-order valence-corrected chi connectivity index (χ1v) is 14.1. The van der Waals surface area contributed by atoms with E-state index >= 15 is 4.39 Å². The molecule has 0 unspecified atom stereocenters. The number of nitrogens with zero attached hydrogens (tertiary/aromatic N) is 4. The number of halogens is 3. The number of piperidine rings is 1. The molecule has 0 bridgehead atoms. The zero-order chi connectivity index (χ0) is 26.8. The summed E-state index contributed by atoms with van der Waals surface area (Å²) in [6.45, 7) is 4.18. The van der Waals surface area contributed by atoms with Crippen LogP contribution in [0.25, 0.3) is 22.0 Å². The summed E-state index contributed by atoms with van der Waals surface area (Å²) >= 11 is 0. The molecule has 8 nitrogen and oxygen atoms in total. The van der Waals surface area contributed by atoms with Gasteiger partial charge in [-0.3, -0.25) is 14.4 Å². The Kier molecular flexibility index (Phi) is 10.4. The fraction of sp³-hybridized carbons (Fsp3) is 0.433. The predicted octanol–water partition coefficient (Wildman–Crippen LogP) is 6.21. The van der Waals surface area contributed by atoms with Gasteiger partial charge in [0.05, 0.1) is 17.3 Å². The molecule has 1 atom stereocenters. The lowest BCUT2D eigenvalue weighted by Crippen LogP contribution is -2.27. The largest absolute Gasteiger partial charge is 0.357 e. The van der Waals surface area contributed by atoms with E-state index in [1.54, 1.807) is 24.5 Å². The van der Waals surface area contributed by atoms with Crippen LogP contribution in [-0.4, -0.2) is 57.2 Å². The molecule has 2 saturated heterocycles. The zero-order valence-electron chi connectivity index (χ0n) is 23.2. The van der Waals surface area contributed by atoms with Gasteiger partial charge in [-0.05, 0) is 94.9 Å². The Bertz CT molecular complexity index is 1470. The predicted molar refractivity (Wildman–Crippen MR) is 166 cm³/mol. The smallest absolute Gasteiger partial charge is 0.259 e. The van der Waals surface area contributed by atoms with Gasteiger partial charge in [0.2, 0.25) is 0 Å². The van der Waals surface area contributed by atoms with Gasteiger partial charge in [-0.2, -0.15) is 5.10 Å². The molecule has 2 aliphatic heterocycles. The van der Waals surface area contributed by atoms with Gasteiger partial charge >= 0.3 is 0 Å². The normalized spacial score (nSPS) is 17.8. The summed E-state index contributed by atoms with van der Waals surface area (Å²) in [7, 11) is 2.13. The Hall–Kier alpha value is -2.98. The van der Waals surface area contributed by atoms with Crippen LogP contribution in [-0.2, 0) is 6.54 Å². The molecule has 0 spiro atoms. The number of fused-ring (bicyclic) bond motifs is 1. The van der Waals surface area contributed by atoms with E-state index in [1.807, 2.05) is 10.9 Å². The van der Waals surface area contributed by atoms with Crippen molar-refractivity contribution in [2.75, 3.05) is 32.0 Å². The number of carbonyl (C=O) groups excluding carboxylic acids is 1. The summed E-state index contributed by atoms with van der Waals surface area (Å²) in [6, 6.07) is 8.98. The number of anilines is 1. The van der Waals surface area contributed by atoms with Crippen molar-refractivity contribution in [3.8, 4) is 11.1 Å². The average molecular weight is 603 g/mol. The number of hydrogen-bond acceptors (Lipinski definition) is 5. The van der Waals surface area contributed by atoms with Gasteiger partial charge in [0, 0.05) is 47.7 Å². The summed E-state index contributed by atoms with van der Waals surface area (Å²) in [6.07, 6.45) is 12.5. The molecule has 4 aromatic rings. The first-order valence-electron chi connectivity index (χ1n) is 14.1. The lowest BCUT2D eigenvalue weighted by Gasteiger charge is -2.22. The van der Waals surface area contributed by atoms with Crippen LogP contribution in [0.4, 0.5) is 10.2 Å². The fourth-order valence-electron chi connectivity index (χ4n) is 6.01. The topological polar surface area (TPSA) is 90.9 Å². The molecule has 5 heterocycles. The van der Waals surface area contributed by atoms with E-state index in [9.17, 15) is 4.79 Å². The van der Waals surface area contributed by atoms with Crippen LogP contribution < -0.4 is 10.6 Å². The molecule has 3 N–H and O–H groups in total. The van der Waals surface area contributed by atoms with Crippen molar-refractivity contribution in [1.29, 1.82) is 0 Å². The minimum Gasteiger partial charge on any atom is -0.357 e. The third kappa shape index (κ3) is 7.09. The van der Waals surface area contributed by atoms with Gasteiger partial charge in [0.25, 0.3) is 5.91 Å². The lowest BCUT2D eigenvalue weighted by molar-refractivity contribution is 0.102. The van der Waals surface area contributed by atoms with E-state index in [4.69, 9.17) is 0 Å². The third-order valence-corrected chi connectivity index (χ3v) is 8.28. The van der Waals surface area contributed by atoms with E-state index in [2.05, 4.69) is 43.7 Å². The lowest BCUT2D eigenvalue weighted by atomic mass is 9.93. The molecule has 6 rings (SSSR count). The van der Waals surface area contributed by atoms with E-state index in [0.29, 0.717) is 17.4 Å². The maximum Gasteiger partial charge on any atom is 0.259 e. The highest BCUT2D eigenvalue weighted by molar-refractivity contribution is 6.04. The van der Waals surface area contributed by atoms with E-state index in [0.717, 1.165) is 67.1 Å². The number of hydrogen-bond donors (Lipinski definition) is 3. The minimum atomic E-state index is -0.573. The number of pyridine rings is 1. The second kappa shape index (κ2) is 13.8. The van der Waals surface area contributed by atoms with Gasteiger partial charge in [-0.25, -0.2) is 9.37 Å². The number of likely N-dealkylation sites (tertiary alicyclic amines) is 1. The maximum absolute atomic E-state index is 15.0. The molecular formula is C30H38Cl2FN7O. The Morgan fingerprint density at radius 2 is 1.93 bits per heavy atom. The van der Waals surface area contributed by atoms with Crippen molar-refractivity contribution in [2.24, 2.45) is 5.92 Å². The third-order valence-electron chi connectivity index (χ3n) is 8.28. The van der Waals surface area contributed by atoms with Crippen LogP contribution in [0.15, 0.2) is 48.9 Å². The van der Waals surface area contributed by atoms with Crippen LogP contribution in [0.1, 0.15) is 60.6 Å². The van der Waals surface area contributed by atoms with Crippen molar-refractivity contribution in [3.05, 3.63) is 66.0 Å². The molecule has 11 heteroatoms. The summed E-state index contributed by atoms with van der Waals surface area (Å²) < 4.78 is 17.0. The Morgan fingerprint density at radius 3 is 2.68 bits per heavy atom. The van der Waals surface area contributed by atoms with Crippen molar-refractivity contribution in [3.63, 3.8) is 0 Å². The van der Waals surface area contributed by atoms with Gasteiger partial charge in [0.15, 0.2) is 0 Å². The number of aromatic amines is 1. The summed E-state index contributed by atoms with van der Waals surface area (Å²) in [5, 5.41) is 11.6. The molecule has 0 radical (unpaired) electrons. The van der Waals surface area contributed by atoms with Crippen LogP contribution >= 0.6 is 24.8 Å². The van der Waals surface area contributed by atoms with Crippen LogP contribution in [0, 0.1) is 11.7 Å². The van der Waals surface area contributed by atoms with Crippen molar-refractivity contribution in [1.82, 2.24) is 30.0 Å². The maximum atomic E-state index is 15.0. The molecule has 2 fully saturated rings. The van der Waals surface area contributed by atoms with Gasteiger partial charge < -0.3 is 15.6 Å². The monoisotopic (exact) mass is 601 g/mol. The summed E-state index contributed by atoms with van der Waals surface area (Å²) in [4.78, 5) is 23.1. The minimum absolute atomic E-state index is 0. The average Bonchev–Trinajstić information content (AvgIpc) is 3.68. The fourth-order valence-corrected chi connectivity index (χ4v) is 6.01. The highest BCUT2D eigenvalue weighted by Crippen LogP contribution is 2.32. The molecule has 0 aliphatic carbocycles. The number of amides is 1. The van der Waals surface area contributed by atoms with E-state index < -0.39 is 11.7 Å². The summed E-state index contributed by atoms with van der Waals surface area (Å²) in [5.41, 5.74) is 3.57. The Balaban J connectivity index is 0.00000194. The van der Waals surface area contributed by atoms with Crippen LogP contribution in [0.5, 0.6) is 0 Å². The number of aromatic nitrogens is 4. The summed E-state index contributed by atoms with van der Waals surface area (Å²) in [5.74, 6) is 0.0818. The number of nitrogens with one attached hydrogen (secondary N) is 3. The molecule has 41 heavy (non-hydrogen) atoms. The van der Waals surface area contributed by atoms with Crippen molar-refractivity contribution < 1.29 is 9.18 Å². The van der Waals surface area contributed by atoms with Gasteiger partial charge in [-0.1, -0.05) is 6.07 Å². The number of H-pyrrole nitrogens is 1. The second-order valence-corrected chi connectivity index (χ2v) is 11.0. The van der Waals surface area contributed by atoms with E-state index in [-0.39, 0.29) is 30.4 Å². The first kappa shape index (κ1) is 31.0. The molecule has 1 aromatic carbocycles.